The number of methoxy groups -OCH3 is 2. The predicted molar refractivity (Wildman–Crippen MR) is 57.4 cm³/mol. The fourth-order valence-corrected chi connectivity index (χ4v) is 1.24. The van der Waals surface area contributed by atoms with Gasteiger partial charge in [-0.05, 0) is 18.1 Å². The van der Waals surface area contributed by atoms with Crippen LogP contribution in [0.3, 0.4) is 0 Å². The van der Waals surface area contributed by atoms with Crippen LogP contribution < -0.4 is 9.47 Å². The van der Waals surface area contributed by atoms with E-state index in [9.17, 15) is 4.79 Å². The normalized spacial score (nSPS) is 8.31. The molecule has 0 bridgehead atoms. The van der Waals surface area contributed by atoms with E-state index < -0.39 is 0 Å². The molecule has 0 fully saturated rings. The number of ether oxygens (including phenoxy) is 2. The van der Waals surface area contributed by atoms with E-state index in [0.29, 0.717) is 28.9 Å². The van der Waals surface area contributed by atoms with Crippen molar-refractivity contribution in [2.45, 2.75) is 0 Å². The Balaban J connectivity index is 3.43. The number of carbonyl (C=O) groups is 1. The van der Waals surface area contributed by atoms with Gasteiger partial charge in [-0.2, -0.15) is 5.26 Å². The Labute approximate surface area is 93.4 Å². The van der Waals surface area contributed by atoms with E-state index in [4.69, 9.17) is 14.7 Å². The Bertz CT molecular complexity index is 503. The summed E-state index contributed by atoms with van der Waals surface area (Å²) in [5, 5.41) is 8.38. The second-order valence-corrected chi connectivity index (χ2v) is 2.78. The van der Waals surface area contributed by atoms with Gasteiger partial charge in [0.05, 0.1) is 19.8 Å². The van der Waals surface area contributed by atoms with Gasteiger partial charge in [0.2, 0.25) is 0 Å². The van der Waals surface area contributed by atoms with E-state index in [1.54, 1.807) is 18.2 Å². The van der Waals surface area contributed by atoms with Crippen molar-refractivity contribution in [3.63, 3.8) is 0 Å². The van der Waals surface area contributed by atoms with Gasteiger partial charge in [0.25, 0.3) is 0 Å². The summed E-state index contributed by atoms with van der Waals surface area (Å²) in [6.07, 6.45) is 0.680. The van der Waals surface area contributed by atoms with E-state index in [1.807, 2.05) is 0 Å². The van der Waals surface area contributed by atoms with E-state index >= 15 is 0 Å². The number of hydrogen-bond acceptors (Lipinski definition) is 4. The Morgan fingerprint density at radius 2 is 2.06 bits per heavy atom. The van der Waals surface area contributed by atoms with Gasteiger partial charge >= 0.3 is 0 Å². The Kier molecular flexibility index (Phi) is 3.94. The summed E-state index contributed by atoms with van der Waals surface area (Å²) in [4.78, 5) is 10.7. The van der Waals surface area contributed by atoms with Crippen molar-refractivity contribution in [3.05, 3.63) is 23.3 Å². The zero-order valence-electron chi connectivity index (χ0n) is 8.90. The molecular weight excluding hydrogens is 206 g/mol. The highest BCUT2D eigenvalue weighted by Crippen LogP contribution is 2.31. The van der Waals surface area contributed by atoms with Crippen LogP contribution in [0.5, 0.6) is 11.5 Å². The van der Waals surface area contributed by atoms with Crippen molar-refractivity contribution < 1.29 is 14.3 Å². The van der Waals surface area contributed by atoms with E-state index in [0.717, 1.165) is 0 Å². The molecule has 0 N–H and O–H groups in total. The smallest absolute Gasteiger partial charge is 0.176 e. The molecule has 0 heterocycles. The Morgan fingerprint density at radius 1 is 1.31 bits per heavy atom. The lowest BCUT2D eigenvalue weighted by atomic mass is 10.1. The standard InChI is InChI=1S/C12H9NO3/c1-15-11-7-9(8-14)6-10(4-3-5-13)12(11)16-2/h6-8H,1-2H3. The highest BCUT2D eigenvalue weighted by Gasteiger charge is 2.10. The summed E-state index contributed by atoms with van der Waals surface area (Å²) in [5.74, 6) is 5.66. The lowest BCUT2D eigenvalue weighted by Gasteiger charge is -2.09. The molecule has 1 aromatic carbocycles. The topological polar surface area (TPSA) is 59.3 Å². The van der Waals surface area contributed by atoms with E-state index in [-0.39, 0.29) is 0 Å². The fraction of sp³-hybridized carbons (Fsp3) is 0.167. The third-order valence-electron chi connectivity index (χ3n) is 1.89. The van der Waals surface area contributed by atoms with Gasteiger partial charge < -0.3 is 9.47 Å². The number of nitriles is 1. The molecule has 0 amide bonds. The maximum absolute atomic E-state index is 10.7. The number of carbonyl (C=O) groups excluding carboxylic acids is 1. The summed E-state index contributed by atoms with van der Waals surface area (Å²) >= 11 is 0. The third-order valence-corrected chi connectivity index (χ3v) is 1.89. The first-order valence-electron chi connectivity index (χ1n) is 4.38. The summed E-state index contributed by atoms with van der Waals surface area (Å²) in [7, 11) is 2.93. The minimum Gasteiger partial charge on any atom is -0.493 e. The quantitative estimate of drug-likeness (QED) is 0.564. The maximum Gasteiger partial charge on any atom is 0.176 e. The van der Waals surface area contributed by atoms with Crippen LogP contribution in [0.1, 0.15) is 15.9 Å². The van der Waals surface area contributed by atoms with Crippen LogP contribution in [0.25, 0.3) is 0 Å². The molecule has 0 saturated carbocycles. The van der Waals surface area contributed by atoms with Crippen LogP contribution in [0.15, 0.2) is 12.1 Å². The minimum atomic E-state index is 0.411. The summed E-state index contributed by atoms with van der Waals surface area (Å²) in [6, 6.07) is 4.78. The van der Waals surface area contributed by atoms with E-state index in [1.165, 1.54) is 14.2 Å². The maximum atomic E-state index is 10.7. The molecule has 0 aliphatic carbocycles. The molecule has 80 valence electrons. The molecule has 16 heavy (non-hydrogen) atoms. The van der Waals surface area contributed by atoms with Gasteiger partial charge in [0.1, 0.15) is 6.29 Å². The molecule has 0 spiro atoms. The molecule has 4 heteroatoms. The molecule has 0 aliphatic heterocycles. The van der Waals surface area contributed by atoms with Gasteiger partial charge in [-0.3, -0.25) is 4.79 Å². The Morgan fingerprint density at radius 3 is 2.56 bits per heavy atom. The van der Waals surface area contributed by atoms with Gasteiger partial charge in [-0.15, -0.1) is 0 Å². The zero-order chi connectivity index (χ0) is 12.0. The second kappa shape index (κ2) is 5.43. The van der Waals surface area contributed by atoms with Gasteiger partial charge in [-0.1, -0.05) is 0 Å². The zero-order valence-corrected chi connectivity index (χ0v) is 8.90. The van der Waals surface area contributed by atoms with Gasteiger partial charge in [0.15, 0.2) is 17.6 Å². The van der Waals surface area contributed by atoms with Gasteiger partial charge in [0, 0.05) is 11.5 Å². The van der Waals surface area contributed by atoms with Crippen LogP contribution >= 0.6 is 0 Å². The van der Waals surface area contributed by atoms with Crippen molar-refractivity contribution in [3.8, 4) is 29.4 Å². The molecule has 1 aromatic rings. The number of aldehydes is 1. The van der Waals surface area contributed by atoms with Crippen molar-refractivity contribution in [1.82, 2.24) is 0 Å². The average Bonchev–Trinajstić information content (AvgIpc) is 2.34. The molecule has 0 atom stereocenters. The first kappa shape index (κ1) is 11.6. The fourth-order valence-electron chi connectivity index (χ4n) is 1.24. The molecule has 1 rings (SSSR count). The van der Waals surface area contributed by atoms with E-state index in [2.05, 4.69) is 11.8 Å². The highest BCUT2D eigenvalue weighted by atomic mass is 16.5. The Hall–Kier alpha value is -2.46. The number of nitrogens with zero attached hydrogens (tertiary/aromatic N) is 1. The highest BCUT2D eigenvalue weighted by molar-refractivity contribution is 5.78. The average molecular weight is 215 g/mol. The molecule has 0 aromatic heterocycles. The second-order valence-electron chi connectivity index (χ2n) is 2.78. The molecule has 0 saturated heterocycles. The van der Waals surface area contributed by atoms with Crippen molar-refractivity contribution in [2.24, 2.45) is 0 Å². The molecular formula is C12H9NO3. The number of benzene rings is 1. The number of hydrogen-bond donors (Lipinski definition) is 0. The first-order chi connectivity index (χ1) is 7.76. The molecule has 0 radical (unpaired) electrons. The summed E-state index contributed by atoms with van der Waals surface area (Å²) in [5.41, 5.74) is 0.866. The summed E-state index contributed by atoms with van der Waals surface area (Å²) in [6.45, 7) is 0. The first-order valence-corrected chi connectivity index (χ1v) is 4.38. The van der Waals surface area contributed by atoms with Gasteiger partial charge in [-0.25, -0.2) is 0 Å². The molecule has 4 nitrogen and oxygen atoms in total. The SMILES string of the molecule is COc1cc(C=O)cc(C#CC#N)c1OC. The van der Waals surface area contributed by atoms with Crippen molar-refractivity contribution in [1.29, 1.82) is 5.26 Å². The van der Waals surface area contributed by atoms with Crippen LogP contribution in [-0.2, 0) is 0 Å². The monoisotopic (exact) mass is 215 g/mol. The van der Waals surface area contributed by atoms with Crippen molar-refractivity contribution >= 4 is 6.29 Å². The lowest BCUT2D eigenvalue weighted by molar-refractivity contribution is 0.112. The molecule has 0 unspecified atom stereocenters. The summed E-state index contributed by atoms with van der Waals surface area (Å²) < 4.78 is 10.2. The van der Waals surface area contributed by atoms with Crippen LogP contribution in [-0.4, -0.2) is 20.5 Å². The minimum absolute atomic E-state index is 0.411. The van der Waals surface area contributed by atoms with Crippen LogP contribution in [0, 0.1) is 23.2 Å². The predicted octanol–water partition coefficient (Wildman–Crippen LogP) is 1.39. The largest absolute Gasteiger partial charge is 0.493 e. The lowest BCUT2D eigenvalue weighted by Crippen LogP contribution is -1.95. The van der Waals surface area contributed by atoms with Crippen LogP contribution in [0.2, 0.25) is 0 Å². The third kappa shape index (κ3) is 2.31. The number of rotatable bonds is 3. The molecule has 0 aliphatic rings. The van der Waals surface area contributed by atoms with Crippen LogP contribution in [0.4, 0.5) is 0 Å². The van der Waals surface area contributed by atoms with Crippen molar-refractivity contribution in [2.75, 3.05) is 14.2 Å².